The van der Waals surface area contributed by atoms with Crippen LogP contribution in [0.3, 0.4) is 0 Å². The molecular formula is C8H11F3N4O2. The summed E-state index contributed by atoms with van der Waals surface area (Å²) in [4.78, 5) is 14.7. The number of hydrogen-bond acceptors (Lipinski definition) is 3. The van der Waals surface area contributed by atoms with Crippen molar-refractivity contribution in [3.8, 4) is 0 Å². The van der Waals surface area contributed by atoms with E-state index in [1.54, 1.807) is 0 Å². The molecule has 96 valence electrons. The fraction of sp³-hybridized carbons (Fsp3) is 0.875. The van der Waals surface area contributed by atoms with Crippen LogP contribution >= 0.6 is 0 Å². The molecular weight excluding hydrogens is 241 g/mol. The van der Waals surface area contributed by atoms with E-state index in [1.165, 1.54) is 0 Å². The Morgan fingerprint density at radius 1 is 1.59 bits per heavy atom. The average Bonchev–Trinajstić information content (AvgIpc) is 2.70. The fourth-order valence-corrected chi connectivity index (χ4v) is 1.73. The molecule has 1 aliphatic rings. The smallest absolute Gasteiger partial charge is 0.395 e. The SMILES string of the molecule is [N-]=[N+]=NCC(=O)N1CC[C@@](CO)(C(F)(F)F)C1. The molecule has 6 nitrogen and oxygen atoms in total. The summed E-state index contributed by atoms with van der Waals surface area (Å²) in [5, 5.41) is 11.9. The molecule has 0 aromatic heterocycles. The Morgan fingerprint density at radius 2 is 2.24 bits per heavy atom. The minimum absolute atomic E-state index is 0.0974. The number of aliphatic hydroxyl groups excluding tert-OH is 1. The van der Waals surface area contributed by atoms with Crippen LogP contribution in [0.25, 0.3) is 10.4 Å². The molecule has 0 radical (unpaired) electrons. The van der Waals surface area contributed by atoms with Gasteiger partial charge in [0, 0.05) is 18.0 Å². The molecule has 17 heavy (non-hydrogen) atoms. The number of carbonyl (C=O) groups is 1. The van der Waals surface area contributed by atoms with Gasteiger partial charge in [0.25, 0.3) is 0 Å². The van der Waals surface area contributed by atoms with Crippen LogP contribution in [-0.2, 0) is 4.79 Å². The largest absolute Gasteiger partial charge is 0.398 e. The van der Waals surface area contributed by atoms with Crippen molar-refractivity contribution in [1.82, 2.24) is 4.90 Å². The lowest BCUT2D eigenvalue weighted by molar-refractivity contribution is -0.230. The first-order valence-electron chi connectivity index (χ1n) is 4.82. The van der Waals surface area contributed by atoms with Gasteiger partial charge in [-0.2, -0.15) is 13.2 Å². The zero-order valence-electron chi connectivity index (χ0n) is 8.81. The van der Waals surface area contributed by atoms with Crippen molar-refractivity contribution in [2.75, 3.05) is 26.2 Å². The van der Waals surface area contributed by atoms with E-state index in [-0.39, 0.29) is 13.0 Å². The zero-order chi connectivity index (χ0) is 13.1. The van der Waals surface area contributed by atoms with E-state index in [1.807, 2.05) is 0 Å². The number of aliphatic hydroxyl groups is 1. The van der Waals surface area contributed by atoms with Crippen molar-refractivity contribution in [1.29, 1.82) is 0 Å². The third kappa shape index (κ3) is 2.62. The molecule has 1 N–H and O–H groups in total. The molecule has 0 unspecified atom stereocenters. The third-order valence-corrected chi connectivity index (χ3v) is 2.88. The van der Waals surface area contributed by atoms with Crippen molar-refractivity contribution in [2.24, 2.45) is 10.5 Å². The van der Waals surface area contributed by atoms with E-state index in [2.05, 4.69) is 10.0 Å². The van der Waals surface area contributed by atoms with Crippen molar-refractivity contribution >= 4 is 5.91 Å². The minimum atomic E-state index is -4.56. The minimum Gasteiger partial charge on any atom is -0.395 e. The van der Waals surface area contributed by atoms with Gasteiger partial charge in [0.2, 0.25) is 5.91 Å². The highest BCUT2D eigenvalue weighted by atomic mass is 19.4. The van der Waals surface area contributed by atoms with Crippen molar-refractivity contribution < 1.29 is 23.1 Å². The van der Waals surface area contributed by atoms with E-state index in [4.69, 9.17) is 10.6 Å². The van der Waals surface area contributed by atoms with Crippen molar-refractivity contribution in [3.05, 3.63) is 10.4 Å². The molecule has 9 heteroatoms. The van der Waals surface area contributed by atoms with Crippen LogP contribution in [0.15, 0.2) is 5.11 Å². The van der Waals surface area contributed by atoms with Crippen LogP contribution in [0.5, 0.6) is 0 Å². The number of nitrogens with zero attached hydrogens (tertiary/aromatic N) is 4. The van der Waals surface area contributed by atoms with E-state index in [0.717, 1.165) is 4.90 Å². The number of amides is 1. The third-order valence-electron chi connectivity index (χ3n) is 2.88. The Kier molecular flexibility index (Phi) is 3.84. The molecule has 1 rings (SSSR count). The second-order valence-electron chi connectivity index (χ2n) is 3.89. The van der Waals surface area contributed by atoms with E-state index in [9.17, 15) is 18.0 Å². The van der Waals surface area contributed by atoms with Gasteiger partial charge in [-0.05, 0) is 12.0 Å². The summed E-state index contributed by atoms with van der Waals surface area (Å²) in [5.74, 6) is -0.664. The summed E-state index contributed by atoms with van der Waals surface area (Å²) in [6, 6.07) is 0. The quantitative estimate of drug-likeness (QED) is 0.462. The number of halogens is 3. The maximum absolute atomic E-state index is 12.7. The van der Waals surface area contributed by atoms with E-state index >= 15 is 0 Å². The lowest BCUT2D eigenvalue weighted by Gasteiger charge is -2.29. The number of azide groups is 1. The molecule has 1 fully saturated rings. The first-order chi connectivity index (χ1) is 7.86. The van der Waals surface area contributed by atoms with Gasteiger partial charge >= 0.3 is 6.18 Å². The van der Waals surface area contributed by atoms with Crippen molar-refractivity contribution in [2.45, 2.75) is 12.6 Å². The molecule has 0 aromatic carbocycles. The summed E-state index contributed by atoms with van der Waals surface area (Å²) >= 11 is 0. The van der Waals surface area contributed by atoms with Gasteiger partial charge in [0.15, 0.2) is 0 Å². The van der Waals surface area contributed by atoms with Crippen LogP contribution in [0, 0.1) is 5.41 Å². The van der Waals surface area contributed by atoms with Crippen LogP contribution in [0.2, 0.25) is 0 Å². The molecule has 1 amide bonds. The van der Waals surface area contributed by atoms with Crippen LogP contribution in [0.4, 0.5) is 13.2 Å². The Balaban J connectivity index is 2.74. The molecule has 1 atom stereocenters. The molecule has 0 aromatic rings. The maximum Gasteiger partial charge on any atom is 0.398 e. The fourth-order valence-electron chi connectivity index (χ4n) is 1.73. The van der Waals surface area contributed by atoms with Crippen LogP contribution < -0.4 is 0 Å². The second kappa shape index (κ2) is 4.80. The van der Waals surface area contributed by atoms with Crippen LogP contribution in [-0.4, -0.2) is 48.3 Å². The maximum atomic E-state index is 12.7. The number of likely N-dealkylation sites (tertiary alicyclic amines) is 1. The van der Waals surface area contributed by atoms with Crippen LogP contribution in [0.1, 0.15) is 6.42 Å². The van der Waals surface area contributed by atoms with Gasteiger partial charge in [-0.3, -0.25) is 4.79 Å². The normalized spacial score (nSPS) is 24.6. The summed E-state index contributed by atoms with van der Waals surface area (Å²) in [7, 11) is 0. The van der Waals surface area contributed by atoms with Gasteiger partial charge in [-0.1, -0.05) is 5.11 Å². The van der Waals surface area contributed by atoms with Gasteiger partial charge in [0.1, 0.15) is 12.0 Å². The van der Waals surface area contributed by atoms with E-state index in [0.29, 0.717) is 0 Å². The Morgan fingerprint density at radius 3 is 2.65 bits per heavy atom. The number of rotatable bonds is 3. The Labute approximate surface area is 94.6 Å². The van der Waals surface area contributed by atoms with Gasteiger partial charge in [-0.25, -0.2) is 0 Å². The lowest BCUT2D eigenvalue weighted by atomic mass is 9.87. The Hall–Kier alpha value is -1.47. The number of hydrogen-bond donors (Lipinski definition) is 1. The number of alkyl halides is 3. The molecule has 1 heterocycles. The first-order valence-corrected chi connectivity index (χ1v) is 4.82. The van der Waals surface area contributed by atoms with Gasteiger partial charge in [-0.15, -0.1) is 0 Å². The summed E-state index contributed by atoms with van der Waals surface area (Å²) in [5.41, 5.74) is 5.75. The molecule has 0 spiro atoms. The van der Waals surface area contributed by atoms with Gasteiger partial charge < -0.3 is 10.0 Å². The van der Waals surface area contributed by atoms with Gasteiger partial charge in [0.05, 0.1) is 6.61 Å². The average molecular weight is 252 g/mol. The predicted molar refractivity (Wildman–Crippen MR) is 50.8 cm³/mol. The predicted octanol–water partition coefficient (Wildman–Crippen LogP) is 1.07. The zero-order valence-corrected chi connectivity index (χ0v) is 8.81. The number of carbonyl (C=O) groups excluding carboxylic acids is 1. The second-order valence-corrected chi connectivity index (χ2v) is 3.89. The summed E-state index contributed by atoms with van der Waals surface area (Å²) in [6.07, 6.45) is -4.90. The monoisotopic (exact) mass is 252 g/mol. The summed E-state index contributed by atoms with van der Waals surface area (Å²) < 4.78 is 38.2. The highest BCUT2D eigenvalue weighted by Crippen LogP contribution is 2.44. The highest BCUT2D eigenvalue weighted by molar-refractivity contribution is 5.78. The summed E-state index contributed by atoms with van der Waals surface area (Å²) in [6.45, 7) is -2.25. The Bertz CT molecular complexity index is 353. The van der Waals surface area contributed by atoms with E-state index < -0.39 is 37.2 Å². The molecule has 0 saturated carbocycles. The molecule has 0 bridgehead atoms. The first kappa shape index (κ1) is 13.6. The highest BCUT2D eigenvalue weighted by Gasteiger charge is 2.58. The van der Waals surface area contributed by atoms with Crippen molar-refractivity contribution in [3.63, 3.8) is 0 Å². The lowest BCUT2D eigenvalue weighted by Crippen LogP contribution is -2.44. The topological polar surface area (TPSA) is 89.3 Å². The molecule has 1 aliphatic heterocycles. The molecule has 0 aliphatic carbocycles. The standard InChI is InChI=1S/C8H11F3N4O2/c9-8(10,11)7(5-16)1-2-15(4-7)6(17)3-13-14-12/h16H,1-5H2/t7-/m1/s1. The molecule has 1 saturated heterocycles.